The van der Waals surface area contributed by atoms with E-state index >= 15 is 0 Å². The summed E-state index contributed by atoms with van der Waals surface area (Å²) in [4.78, 5) is 16.9. The summed E-state index contributed by atoms with van der Waals surface area (Å²) in [6.45, 7) is 2.03. The van der Waals surface area contributed by atoms with Crippen molar-refractivity contribution in [1.29, 1.82) is 0 Å². The number of para-hydroxylation sites is 2. The average molecular weight is 349 g/mol. The number of benzene rings is 1. The maximum atomic E-state index is 12.3. The van der Waals surface area contributed by atoms with Gasteiger partial charge in [0.25, 0.3) is 0 Å². The number of esters is 1. The summed E-state index contributed by atoms with van der Waals surface area (Å²) in [7, 11) is 0. The highest BCUT2D eigenvalue weighted by Crippen LogP contribution is 2.50. The van der Waals surface area contributed by atoms with Crippen molar-refractivity contribution >= 4 is 23.1 Å². The summed E-state index contributed by atoms with van der Waals surface area (Å²) in [5, 5.41) is 0. The van der Waals surface area contributed by atoms with E-state index < -0.39 is 0 Å². The van der Waals surface area contributed by atoms with Crippen LogP contribution in [0.2, 0.25) is 0 Å². The van der Waals surface area contributed by atoms with Crippen molar-refractivity contribution in [2.24, 2.45) is 23.7 Å². The zero-order chi connectivity index (χ0) is 17.7. The molecule has 134 valence electrons. The summed E-state index contributed by atoms with van der Waals surface area (Å²) >= 11 is 0. The molecule has 0 spiro atoms. The lowest BCUT2D eigenvalue weighted by Crippen LogP contribution is -2.37. The van der Waals surface area contributed by atoms with Gasteiger partial charge in [0.2, 0.25) is 5.89 Å². The van der Waals surface area contributed by atoms with Gasteiger partial charge in [-0.1, -0.05) is 36.3 Å². The third-order valence-corrected chi connectivity index (χ3v) is 6.31. The van der Waals surface area contributed by atoms with Crippen molar-refractivity contribution in [3.05, 3.63) is 47.9 Å². The van der Waals surface area contributed by atoms with E-state index in [4.69, 9.17) is 9.15 Å². The number of ether oxygens (including phenoxy) is 1. The molecule has 1 aromatic carbocycles. The van der Waals surface area contributed by atoms with E-state index in [1.807, 2.05) is 37.3 Å². The molecule has 4 nitrogen and oxygen atoms in total. The van der Waals surface area contributed by atoms with Crippen molar-refractivity contribution < 1.29 is 13.9 Å². The minimum absolute atomic E-state index is 0.0366. The Bertz CT molecular complexity index is 876. The zero-order valence-electron chi connectivity index (χ0n) is 14.9. The van der Waals surface area contributed by atoms with Crippen LogP contribution in [0.4, 0.5) is 0 Å². The van der Waals surface area contributed by atoms with Gasteiger partial charge in [-0.15, -0.1) is 0 Å². The molecule has 0 bridgehead atoms. The lowest BCUT2D eigenvalue weighted by atomic mass is 9.62. The van der Waals surface area contributed by atoms with Gasteiger partial charge in [0.05, 0.1) is 5.92 Å². The topological polar surface area (TPSA) is 52.3 Å². The lowest BCUT2D eigenvalue weighted by Gasteiger charge is -2.40. The van der Waals surface area contributed by atoms with Crippen LogP contribution in [0, 0.1) is 23.7 Å². The van der Waals surface area contributed by atoms with Crippen LogP contribution in [-0.2, 0) is 9.53 Å². The first-order chi connectivity index (χ1) is 12.7. The number of carbonyl (C=O) groups is 1. The smallest absolute Gasteiger partial charge is 0.313 e. The van der Waals surface area contributed by atoms with E-state index in [1.165, 1.54) is 24.8 Å². The number of hydrogen-bond donors (Lipinski definition) is 0. The molecule has 1 saturated carbocycles. The summed E-state index contributed by atoms with van der Waals surface area (Å²) in [5.74, 6) is 1.52. The molecule has 5 atom stereocenters. The number of allylic oxidation sites excluding steroid dienone is 2. The molecule has 0 N–H and O–H groups in total. The van der Waals surface area contributed by atoms with Crippen LogP contribution < -0.4 is 0 Å². The number of hydrogen-bond acceptors (Lipinski definition) is 4. The maximum absolute atomic E-state index is 12.3. The molecule has 2 fully saturated rings. The van der Waals surface area contributed by atoms with Gasteiger partial charge in [-0.05, 0) is 56.2 Å². The standard InChI is InChI=1S/C22H23NO3/c1-13-21-16(10-11-20-23-18-8-4-5-9-19(18)26-20)15-7-3-2-6-14(15)12-17(21)22(24)25-13/h4-5,8-13,15-17,21H,2-3,6-7H2,1H3/b11-10+/t13-,15-,16+,17-,21+/m1/s1. The van der Waals surface area contributed by atoms with Crippen LogP contribution >= 0.6 is 0 Å². The monoisotopic (exact) mass is 349 g/mol. The molecule has 5 rings (SSSR count). The fraction of sp³-hybridized carbons (Fsp3) is 0.455. The molecule has 26 heavy (non-hydrogen) atoms. The molecule has 1 aliphatic heterocycles. The number of cyclic esters (lactones) is 1. The normalized spacial score (nSPS) is 33.8. The number of nitrogens with zero attached hydrogens (tertiary/aromatic N) is 1. The third kappa shape index (κ3) is 2.51. The lowest BCUT2D eigenvalue weighted by molar-refractivity contribution is -0.142. The summed E-state index contributed by atoms with van der Waals surface area (Å²) in [6.07, 6.45) is 11.2. The molecule has 3 aliphatic rings. The second kappa shape index (κ2) is 6.11. The third-order valence-electron chi connectivity index (χ3n) is 6.31. The fourth-order valence-corrected chi connectivity index (χ4v) is 5.15. The Hall–Kier alpha value is -2.36. The number of aromatic nitrogens is 1. The molecule has 0 unspecified atom stereocenters. The van der Waals surface area contributed by atoms with Gasteiger partial charge in [0.15, 0.2) is 5.58 Å². The molecule has 2 heterocycles. The number of rotatable bonds is 2. The highest BCUT2D eigenvalue weighted by molar-refractivity contribution is 5.78. The zero-order valence-corrected chi connectivity index (χ0v) is 14.9. The summed E-state index contributed by atoms with van der Waals surface area (Å²) in [6, 6.07) is 7.81. The van der Waals surface area contributed by atoms with Crippen LogP contribution in [0.25, 0.3) is 17.2 Å². The van der Waals surface area contributed by atoms with Crippen molar-refractivity contribution in [3.63, 3.8) is 0 Å². The molecule has 1 saturated heterocycles. The number of carbonyl (C=O) groups excluding carboxylic acids is 1. The van der Waals surface area contributed by atoms with Crippen LogP contribution in [0.15, 0.2) is 46.4 Å². The SMILES string of the molecule is C[C@H]1OC(=O)[C@@H]2C=C3CCCC[C@H]3[C@H](/C=C/c3nc4ccccc4o3)[C@H]12. The molecular weight excluding hydrogens is 326 g/mol. The van der Waals surface area contributed by atoms with Crippen LogP contribution in [0.1, 0.15) is 38.5 Å². The van der Waals surface area contributed by atoms with Gasteiger partial charge in [-0.2, -0.15) is 0 Å². The number of fused-ring (bicyclic) bond motifs is 3. The second-order valence-corrected chi connectivity index (χ2v) is 7.80. The first-order valence-electron chi connectivity index (χ1n) is 9.65. The van der Waals surface area contributed by atoms with Crippen molar-refractivity contribution in [2.75, 3.05) is 0 Å². The average Bonchev–Trinajstić information content (AvgIpc) is 3.19. The van der Waals surface area contributed by atoms with Gasteiger partial charge in [0, 0.05) is 5.92 Å². The quantitative estimate of drug-likeness (QED) is 0.579. The van der Waals surface area contributed by atoms with Crippen molar-refractivity contribution in [1.82, 2.24) is 4.98 Å². The molecule has 2 aliphatic carbocycles. The van der Waals surface area contributed by atoms with Gasteiger partial charge >= 0.3 is 5.97 Å². The first kappa shape index (κ1) is 15.9. The molecule has 0 radical (unpaired) electrons. The van der Waals surface area contributed by atoms with Gasteiger partial charge in [0.1, 0.15) is 11.6 Å². The van der Waals surface area contributed by atoms with Crippen molar-refractivity contribution in [2.45, 2.75) is 38.7 Å². The van der Waals surface area contributed by atoms with E-state index in [2.05, 4.69) is 17.1 Å². The molecular formula is C22H23NO3. The summed E-state index contributed by atoms with van der Waals surface area (Å²) in [5.41, 5.74) is 3.13. The van der Waals surface area contributed by atoms with E-state index in [0.717, 1.165) is 17.5 Å². The van der Waals surface area contributed by atoms with Crippen LogP contribution in [0.3, 0.4) is 0 Å². The minimum Gasteiger partial charge on any atom is -0.462 e. The summed E-state index contributed by atoms with van der Waals surface area (Å²) < 4.78 is 11.4. The highest BCUT2D eigenvalue weighted by Gasteiger charge is 2.50. The molecule has 1 aromatic heterocycles. The fourth-order valence-electron chi connectivity index (χ4n) is 5.15. The molecule has 2 aromatic rings. The Morgan fingerprint density at radius 1 is 1.23 bits per heavy atom. The Balaban J connectivity index is 1.50. The number of oxazole rings is 1. The highest BCUT2D eigenvalue weighted by atomic mass is 16.6. The second-order valence-electron chi connectivity index (χ2n) is 7.80. The van der Waals surface area contributed by atoms with Crippen LogP contribution in [-0.4, -0.2) is 17.1 Å². The van der Waals surface area contributed by atoms with Crippen molar-refractivity contribution in [3.8, 4) is 0 Å². The van der Waals surface area contributed by atoms with Crippen LogP contribution in [0.5, 0.6) is 0 Å². The Labute approximate surface area is 152 Å². The molecule has 4 heteroatoms. The maximum Gasteiger partial charge on any atom is 0.313 e. The van der Waals surface area contributed by atoms with E-state index in [9.17, 15) is 4.79 Å². The predicted molar refractivity (Wildman–Crippen MR) is 99.1 cm³/mol. The first-order valence-corrected chi connectivity index (χ1v) is 9.65. The Morgan fingerprint density at radius 2 is 2.12 bits per heavy atom. The molecule has 0 amide bonds. The van der Waals surface area contributed by atoms with E-state index in [0.29, 0.717) is 17.7 Å². The van der Waals surface area contributed by atoms with E-state index in [-0.39, 0.29) is 23.9 Å². The van der Waals surface area contributed by atoms with Gasteiger partial charge in [-0.25, -0.2) is 4.98 Å². The Morgan fingerprint density at radius 3 is 3.00 bits per heavy atom. The minimum atomic E-state index is -0.0902. The van der Waals surface area contributed by atoms with E-state index in [1.54, 1.807) is 0 Å². The predicted octanol–water partition coefficient (Wildman–Crippen LogP) is 4.77. The Kier molecular flexibility index (Phi) is 3.73. The van der Waals surface area contributed by atoms with Gasteiger partial charge in [-0.3, -0.25) is 4.79 Å². The van der Waals surface area contributed by atoms with Gasteiger partial charge < -0.3 is 9.15 Å². The largest absolute Gasteiger partial charge is 0.462 e.